The maximum absolute atomic E-state index is 12.4. The smallest absolute Gasteiger partial charge is 0.253 e. The van der Waals surface area contributed by atoms with Gasteiger partial charge in [-0.05, 0) is 40.9 Å². The maximum Gasteiger partial charge on any atom is 0.253 e. The Bertz CT molecular complexity index is 473. The molecule has 0 unspecified atom stereocenters. The van der Waals surface area contributed by atoms with Gasteiger partial charge in [-0.2, -0.15) is 0 Å². The molecule has 1 aliphatic carbocycles. The second-order valence-corrected chi connectivity index (χ2v) is 6.53. The second kappa shape index (κ2) is 6.47. The molecule has 19 heavy (non-hydrogen) atoms. The van der Waals surface area contributed by atoms with Gasteiger partial charge in [0.15, 0.2) is 0 Å². The second-order valence-electron chi connectivity index (χ2n) is 5.03. The molecule has 1 aliphatic rings. The minimum Gasteiger partial charge on any atom is -0.345 e. The Morgan fingerprint density at radius 3 is 2.63 bits per heavy atom. The van der Waals surface area contributed by atoms with E-state index in [0.29, 0.717) is 16.5 Å². The zero-order valence-corrected chi connectivity index (χ0v) is 13.6. The van der Waals surface area contributed by atoms with Gasteiger partial charge in [-0.25, -0.2) is 0 Å². The number of carbonyl (C=O) groups is 1. The molecule has 1 fully saturated rings. The number of rotatable bonds is 3. The number of hydrogen-bond donors (Lipinski definition) is 1. The monoisotopic (exact) mass is 363 g/mol. The van der Waals surface area contributed by atoms with Crippen molar-refractivity contribution >= 4 is 45.0 Å². The molecular weight excluding hydrogens is 349 g/mol. The summed E-state index contributed by atoms with van der Waals surface area (Å²) in [5.74, 6) is 0.304. The van der Waals surface area contributed by atoms with Crippen molar-refractivity contribution in [2.75, 3.05) is 5.88 Å². The number of carbonyl (C=O) groups excluding carboxylic acids is 1. The SMILES string of the molecule is O=C(NC1(CCl)CCCCC1)c1cccc(Br)c1Cl. The van der Waals surface area contributed by atoms with Crippen LogP contribution >= 0.6 is 39.1 Å². The fourth-order valence-electron chi connectivity index (χ4n) is 2.51. The highest BCUT2D eigenvalue weighted by atomic mass is 79.9. The van der Waals surface area contributed by atoms with Crippen molar-refractivity contribution in [3.05, 3.63) is 33.3 Å². The molecule has 1 aromatic carbocycles. The molecule has 1 saturated carbocycles. The van der Waals surface area contributed by atoms with Gasteiger partial charge in [0, 0.05) is 10.4 Å². The number of hydrogen-bond acceptors (Lipinski definition) is 1. The molecule has 0 bridgehead atoms. The van der Waals surface area contributed by atoms with E-state index in [0.717, 1.165) is 30.2 Å². The zero-order valence-electron chi connectivity index (χ0n) is 10.5. The third-order valence-electron chi connectivity index (χ3n) is 3.64. The Morgan fingerprint density at radius 2 is 2.00 bits per heavy atom. The molecule has 1 aromatic rings. The quantitative estimate of drug-likeness (QED) is 0.768. The molecule has 2 rings (SSSR count). The topological polar surface area (TPSA) is 29.1 Å². The summed E-state index contributed by atoms with van der Waals surface area (Å²) in [6, 6.07) is 5.35. The highest BCUT2D eigenvalue weighted by Gasteiger charge is 2.33. The first-order chi connectivity index (χ1) is 9.08. The molecular formula is C14H16BrCl2NO. The number of alkyl halides is 1. The minimum atomic E-state index is -0.275. The molecule has 0 heterocycles. The number of amides is 1. The van der Waals surface area contributed by atoms with Crippen molar-refractivity contribution in [3.63, 3.8) is 0 Å². The molecule has 0 aromatic heterocycles. The van der Waals surface area contributed by atoms with Gasteiger partial charge in [-0.1, -0.05) is 36.9 Å². The predicted octanol–water partition coefficient (Wildman–Crippen LogP) is 4.77. The molecule has 2 nitrogen and oxygen atoms in total. The zero-order chi connectivity index (χ0) is 13.9. The van der Waals surface area contributed by atoms with Crippen LogP contribution in [-0.2, 0) is 0 Å². The van der Waals surface area contributed by atoms with Crippen LogP contribution < -0.4 is 5.32 Å². The molecule has 0 atom stereocenters. The predicted molar refractivity (Wildman–Crippen MR) is 83.2 cm³/mol. The highest BCUT2D eigenvalue weighted by molar-refractivity contribution is 9.10. The first-order valence-electron chi connectivity index (χ1n) is 6.40. The summed E-state index contributed by atoms with van der Waals surface area (Å²) in [5, 5.41) is 3.54. The number of nitrogens with one attached hydrogen (secondary N) is 1. The van der Waals surface area contributed by atoms with E-state index in [9.17, 15) is 4.79 Å². The molecule has 104 valence electrons. The summed E-state index contributed by atoms with van der Waals surface area (Å²) < 4.78 is 0.727. The van der Waals surface area contributed by atoms with Crippen LogP contribution in [0, 0.1) is 0 Å². The lowest BCUT2D eigenvalue weighted by Gasteiger charge is -2.36. The van der Waals surface area contributed by atoms with Crippen molar-refractivity contribution in [1.82, 2.24) is 5.32 Å². The van der Waals surface area contributed by atoms with Crippen LogP contribution in [0.2, 0.25) is 5.02 Å². The standard InChI is InChI=1S/C14H16BrCl2NO/c15-11-6-4-5-10(12(11)17)13(19)18-14(9-16)7-2-1-3-8-14/h4-6H,1-3,7-9H2,(H,18,19). The van der Waals surface area contributed by atoms with E-state index >= 15 is 0 Å². The summed E-state index contributed by atoms with van der Waals surface area (Å²) in [7, 11) is 0. The number of benzene rings is 1. The van der Waals surface area contributed by atoms with Gasteiger partial charge in [-0.3, -0.25) is 4.79 Å². The molecule has 5 heteroatoms. The van der Waals surface area contributed by atoms with E-state index in [2.05, 4.69) is 21.2 Å². The van der Waals surface area contributed by atoms with Crippen molar-refractivity contribution in [3.8, 4) is 0 Å². The van der Waals surface area contributed by atoms with Crippen molar-refractivity contribution in [2.45, 2.75) is 37.6 Å². The van der Waals surface area contributed by atoms with Gasteiger partial charge in [0.25, 0.3) is 5.91 Å². The average molecular weight is 365 g/mol. The van der Waals surface area contributed by atoms with Crippen LogP contribution in [0.15, 0.2) is 22.7 Å². The van der Waals surface area contributed by atoms with Gasteiger partial charge in [0.05, 0.1) is 16.1 Å². The normalized spacial score (nSPS) is 18.1. The third-order valence-corrected chi connectivity index (χ3v) is 5.45. The lowest BCUT2D eigenvalue weighted by Crippen LogP contribution is -2.51. The summed E-state index contributed by atoms with van der Waals surface area (Å²) in [6.07, 6.45) is 5.31. The Labute approximate surface area is 132 Å². The highest BCUT2D eigenvalue weighted by Crippen LogP contribution is 2.31. The van der Waals surface area contributed by atoms with Crippen molar-refractivity contribution < 1.29 is 4.79 Å². The third kappa shape index (κ3) is 3.45. The summed E-state index contributed by atoms with van der Waals surface area (Å²) in [6.45, 7) is 0. The van der Waals surface area contributed by atoms with E-state index in [1.807, 2.05) is 6.07 Å². The maximum atomic E-state index is 12.4. The van der Waals surface area contributed by atoms with Gasteiger partial charge < -0.3 is 5.32 Å². The Balaban J connectivity index is 2.17. The lowest BCUT2D eigenvalue weighted by molar-refractivity contribution is 0.0885. The number of halogens is 3. The summed E-state index contributed by atoms with van der Waals surface area (Å²) in [4.78, 5) is 12.4. The molecule has 1 amide bonds. The van der Waals surface area contributed by atoms with E-state index in [4.69, 9.17) is 23.2 Å². The Kier molecular flexibility index (Phi) is 5.15. The molecule has 0 radical (unpaired) electrons. The van der Waals surface area contributed by atoms with Gasteiger partial charge in [0.1, 0.15) is 0 Å². The fraction of sp³-hybridized carbons (Fsp3) is 0.500. The summed E-state index contributed by atoms with van der Waals surface area (Å²) >= 11 is 15.6. The van der Waals surface area contributed by atoms with Gasteiger partial charge in [0.2, 0.25) is 0 Å². The van der Waals surface area contributed by atoms with E-state index < -0.39 is 0 Å². The van der Waals surface area contributed by atoms with E-state index in [-0.39, 0.29) is 11.4 Å². The van der Waals surface area contributed by atoms with Crippen LogP contribution in [0.3, 0.4) is 0 Å². The first-order valence-corrected chi connectivity index (χ1v) is 8.11. The largest absolute Gasteiger partial charge is 0.345 e. The van der Waals surface area contributed by atoms with Crippen LogP contribution in [0.25, 0.3) is 0 Å². The Hall–Kier alpha value is -0.250. The van der Waals surface area contributed by atoms with E-state index in [1.54, 1.807) is 12.1 Å². The molecule has 1 N–H and O–H groups in total. The van der Waals surface area contributed by atoms with Crippen LogP contribution in [0.5, 0.6) is 0 Å². The van der Waals surface area contributed by atoms with E-state index in [1.165, 1.54) is 6.42 Å². The molecule has 0 aliphatic heterocycles. The average Bonchev–Trinajstić information content (AvgIpc) is 2.42. The van der Waals surface area contributed by atoms with Gasteiger partial charge >= 0.3 is 0 Å². The van der Waals surface area contributed by atoms with Crippen LogP contribution in [0.1, 0.15) is 42.5 Å². The van der Waals surface area contributed by atoms with Crippen molar-refractivity contribution in [1.29, 1.82) is 0 Å². The first kappa shape index (κ1) is 15.1. The fourth-order valence-corrected chi connectivity index (χ4v) is 3.42. The molecule has 0 spiro atoms. The minimum absolute atomic E-state index is 0.145. The Morgan fingerprint density at radius 1 is 1.32 bits per heavy atom. The van der Waals surface area contributed by atoms with Crippen LogP contribution in [-0.4, -0.2) is 17.3 Å². The molecule has 0 saturated heterocycles. The lowest BCUT2D eigenvalue weighted by atomic mass is 9.83. The van der Waals surface area contributed by atoms with Gasteiger partial charge in [-0.15, -0.1) is 11.6 Å². The van der Waals surface area contributed by atoms with Crippen LogP contribution in [0.4, 0.5) is 0 Å². The summed E-state index contributed by atoms with van der Waals surface area (Å²) in [5.41, 5.74) is 0.217. The van der Waals surface area contributed by atoms with Crippen molar-refractivity contribution in [2.24, 2.45) is 0 Å².